The van der Waals surface area contributed by atoms with Crippen LogP contribution in [0.1, 0.15) is 12.5 Å². The number of morpholine rings is 1. The molecule has 0 bridgehead atoms. The van der Waals surface area contributed by atoms with Gasteiger partial charge < -0.3 is 4.74 Å². The summed E-state index contributed by atoms with van der Waals surface area (Å²) in [5, 5.41) is 8.95. The zero-order valence-electron chi connectivity index (χ0n) is 12.3. The first-order valence-electron chi connectivity index (χ1n) is 6.95. The van der Waals surface area contributed by atoms with Gasteiger partial charge in [0.25, 0.3) is 0 Å². The summed E-state index contributed by atoms with van der Waals surface area (Å²) in [6, 6.07) is 6.06. The molecule has 0 spiro atoms. The van der Waals surface area contributed by atoms with Crippen molar-refractivity contribution in [3.8, 4) is 6.07 Å². The number of nitrogens with one attached hydrogen (secondary N) is 1. The van der Waals surface area contributed by atoms with Gasteiger partial charge in [-0.1, -0.05) is 11.6 Å². The first kappa shape index (κ1) is 17.2. The van der Waals surface area contributed by atoms with Crippen molar-refractivity contribution in [2.75, 3.05) is 32.8 Å². The Morgan fingerprint density at radius 1 is 1.45 bits per heavy atom. The van der Waals surface area contributed by atoms with E-state index in [9.17, 15) is 8.42 Å². The maximum atomic E-state index is 12.3. The van der Waals surface area contributed by atoms with Gasteiger partial charge in [-0.2, -0.15) is 5.26 Å². The number of hydrogen-bond donors (Lipinski definition) is 1. The van der Waals surface area contributed by atoms with Gasteiger partial charge in [0, 0.05) is 25.7 Å². The molecule has 0 aliphatic carbocycles. The van der Waals surface area contributed by atoms with Crippen molar-refractivity contribution in [3.05, 3.63) is 28.8 Å². The summed E-state index contributed by atoms with van der Waals surface area (Å²) in [5.41, 5.74) is 0.252. The zero-order chi connectivity index (χ0) is 16.2. The molecule has 0 radical (unpaired) electrons. The van der Waals surface area contributed by atoms with Gasteiger partial charge in [-0.25, -0.2) is 13.1 Å². The Morgan fingerprint density at radius 3 is 2.73 bits per heavy atom. The maximum Gasteiger partial charge on any atom is 0.240 e. The van der Waals surface area contributed by atoms with E-state index in [1.165, 1.54) is 18.2 Å². The quantitative estimate of drug-likeness (QED) is 0.869. The first-order valence-corrected chi connectivity index (χ1v) is 8.81. The molecule has 8 heteroatoms. The third-order valence-corrected chi connectivity index (χ3v) is 5.34. The summed E-state index contributed by atoms with van der Waals surface area (Å²) in [6.07, 6.45) is 0. The molecule has 1 aliphatic rings. The van der Waals surface area contributed by atoms with E-state index >= 15 is 0 Å². The van der Waals surface area contributed by atoms with Crippen LogP contribution in [0.3, 0.4) is 0 Å². The van der Waals surface area contributed by atoms with Gasteiger partial charge >= 0.3 is 0 Å². The summed E-state index contributed by atoms with van der Waals surface area (Å²) >= 11 is 5.88. The highest BCUT2D eigenvalue weighted by molar-refractivity contribution is 7.89. The van der Waals surface area contributed by atoms with Crippen molar-refractivity contribution in [1.82, 2.24) is 9.62 Å². The lowest BCUT2D eigenvalue weighted by atomic mass is 10.2. The summed E-state index contributed by atoms with van der Waals surface area (Å²) in [6.45, 7) is 5.21. The molecule has 6 nitrogen and oxygen atoms in total. The van der Waals surface area contributed by atoms with Crippen LogP contribution in [0.25, 0.3) is 0 Å². The molecular weight excluding hydrogens is 326 g/mol. The van der Waals surface area contributed by atoms with Gasteiger partial charge in [0.1, 0.15) is 6.07 Å². The molecule has 1 saturated heterocycles. The lowest BCUT2D eigenvalue weighted by Gasteiger charge is -2.32. The smallest absolute Gasteiger partial charge is 0.240 e. The highest BCUT2D eigenvalue weighted by Gasteiger charge is 2.21. The Bertz CT molecular complexity index is 666. The Labute approximate surface area is 135 Å². The van der Waals surface area contributed by atoms with E-state index in [2.05, 4.69) is 9.62 Å². The number of benzene rings is 1. The third kappa shape index (κ3) is 4.18. The molecule has 0 unspecified atom stereocenters. The van der Waals surface area contributed by atoms with Crippen molar-refractivity contribution < 1.29 is 13.2 Å². The number of hydrogen-bond acceptors (Lipinski definition) is 5. The third-order valence-electron chi connectivity index (χ3n) is 3.61. The maximum absolute atomic E-state index is 12.3. The molecule has 2 rings (SSSR count). The van der Waals surface area contributed by atoms with E-state index in [1.54, 1.807) is 0 Å². The molecule has 1 aromatic carbocycles. The predicted octanol–water partition coefficient (Wildman–Crippen LogP) is 1.21. The van der Waals surface area contributed by atoms with Crippen LogP contribution in [0, 0.1) is 11.3 Å². The van der Waals surface area contributed by atoms with E-state index in [0.29, 0.717) is 19.8 Å². The highest BCUT2D eigenvalue weighted by Crippen LogP contribution is 2.20. The number of ether oxygens (including phenoxy) is 1. The summed E-state index contributed by atoms with van der Waals surface area (Å²) < 4.78 is 32.4. The van der Waals surface area contributed by atoms with Gasteiger partial charge in [-0.15, -0.1) is 0 Å². The second kappa shape index (κ2) is 7.40. The molecule has 1 atom stereocenters. The Morgan fingerprint density at radius 2 is 2.14 bits per heavy atom. The van der Waals surface area contributed by atoms with E-state index in [-0.39, 0.29) is 21.5 Å². The largest absolute Gasteiger partial charge is 0.379 e. The predicted molar refractivity (Wildman–Crippen MR) is 83.2 cm³/mol. The molecule has 0 saturated carbocycles. The monoisotopic (exact) mass is 343 g/mol. The number of nitrogens with zero attached hydrogens (tertiary/aromatic N) is 2. The fraction of sp³-hybridized carbons (Fsp3) is 0.500. The minimum Gasteiger partial charge on any atom is -0.379 e. The molecule has 120 valence electrons. The normalized spacial score (nSPS) is 17.9. The second-order valence-electron chi connectivity index (χ2n) is 5.10. The van der Waals surface area contributed by atoms with Crippen LogP contribution in [0.2, 0.25) is 5.02 Å². The number of sulfonamides is 1. The molecule has 1 aliphatic heterocycles. The molecule has 1 fully saturated rings. The van der Waals surface area contributed by atoms with Gasteiger partial charge in [0.05, 0.1) is 28.7 Å². The van der Waals surface area contributed by atoms with E-state index in [4.69, 9.17) is 21.6 Å². The highest BCUT2D eigenvalue weighted by atomic mass is 35.5. The average Bonchev–Trinajstić information content (AvgIpc) is 2.53. The Hall–Kier alpha value is -1.17. The molecule has 1 heterocycles. The lowest BCUT2D eigenvalue weighted by molar-refractivity contribution is 0.0213. The molecular formula is C14H18ClN3O3S. The fourth-order valence-corrected chi connectivity index (χ4v) is 3.65. The van der Waals surface area contributed by atoms with Crippen LogP contribution in [0.4, 0.5) is 0 Å². The molecule has 0 amide bonds. The number of nitriles is 1. The fourth-order valence-electron chi connectivity index (χ4n) is 2.21. The number of rotatable bonds is 5. The van der Waals surface area contributed by atoms with Gasteiger partial charge in [-0.3, -0.25) is 4.90 Å². The van der Waals surface area contributed by atoms with Gasteiger partial charge in [0.2, 0.25) is 10.0 Å². The van der Waals surface area contributed by atoms with Crippen LogP contribution in [0.15, 0.2) is 23.1 Å². The van der Waals surface area contributed by atoms with Crippen molar-refractivity contribution in [2.24, 2.45) is 0 Å². The second-order valence-corrected chi connectivity index (χ2v) is 7.28. The molecule has 0 aromatic heterocycles. The van der Waals surface area contributed by atoms with Crippen molar-refractivity contribution in [2.45, 2.75) is 17.9 Å². The number of halogens is 1. The van der Waals surface area contributed by atoms with Crippen LogP contribution >= 0.6 is 11.6 Å². The van der Waals surface area contributed by atoms with Crippen LogP contribution < -0.4 is 4.72 Å². The Balaban J connectivity index is 2.01. The first-order chi connectivity index (χ1) is 10.4. The Kier molecular flexibility index (Phi) is 5.78. The topological polar surface area (TPSA) is 82.4 Å². The van der Waals surface area contributed by atoms with Crippen LogP contribution in [-0.4, -0.2) is 52.2 Å². The summed E-state index contributed by atoms with van der Waals surface area (Å²) in [4.78, 5) is 2.24. The minimum absolute atomic E-state index is 0.0608. The standard InChI is InChI=1S/C14H18ClN3O3S/c1-11(18-4-6-21-7-5-18)10-17-22(19,20)13-3-2-12(9-16)14(15)8-13/h2-3,8,11,17H,4-7,10H2,1H3/t11-/m1/s1. The lowest BCUT2D eigenvalue weighted by Crippen LogP contribution is -2.47. The van der Waals surface area contributed by atoms with Crippen LogP contribution in [-0.2, 0) is 14.8 Å². The van der Waals surface area contributed by atoms with Crippen LogP contribution in [0.5, 0.6) is 0 Å². The average molecular weight is 344 g/mol. The summed E-state index contributed by atoms with van der Waals surface area (Å²) in [7, 11) is -3.64. The van der Waals surface area contributed by atoms with Gasteiger partial charge in [0.15, 0.2) is 0 Å². The SMILES string of the molecule is C[C@H](CNS(=O)(=O)c1ccc(C#N)c(Cl)c1)N1CCOCC1. The minimum atomic E-state index is -3.64. The van der Waals surface area contributed by atoms with Gasteiger partial charge in [-0.05, 0) is 25.1 Å². The van der Waals surface area contributed by atoms with E-state index in [1.807, 2.05) is 13.0 Å². The molecule has 1 N–H and O–H groups in total. The zero-order valence-corrected chi connectivity index (χ0v) is 13.8. The van der Waals surface area contributed by atoms with Crippen molar-refractivity contribution in [3.63, 3.8) is 0 Å². The summed E-state index contributed by atoms with van der Waals surface area (Å²) in [5.74, 6) is 0. The van der Waals surface area contributed by atoms with E-state index < -0.39 is 10.0 Å². The molecule has 1 aromatic rings. The van der Waals surface area contributed by atoms with Crippen molar-refractivity contribution >= 4 is 21.6 Å². The van der Waals surface area contributed by atoms with Crippen molar-refractivity contribution in [1.29, 1.82) is 5.26 Å². The van der Waals surface area contributed by atoms with E-state index in [0.717, 1.165) is 13.1 Å². The molecule has 22 heavy (non-hydrogen) atoms.